The number of hydrogen-bond acceptors (Lipinski definition) is 3. The van der Waals surface area contributed by atoms with Crippen LogP contribution in [0.1, 0.15) is 21.5 Å². The fraction of sp³-hybridized carbons (Fsp3) is 0.316. The van der Waals surface area contributed by atoms with Crippen molar-refractivity contribution in [3.63, 3.8) is 0 Å². The van der Waals surface area contributed by atoms with Crippen LogP contribution >= 0.6 is 11.6 Å². The number of nitrogens with zero attached hydrogens (tertiary/aromatic N) is 2. The van der Waals surface area contributed by atoms with Crippen LogP contribution in [0.15, 0.2) is 42.5 Å². The van der Waals surface area contributed by atoms with Crippen molar-refractivity contribution in [2.75, 3.05) is 33.2 Å². The maximum absolute atomic E-state index is 13.2. The number of benzene rings is 2. The second-order valence-electron chi connectivity index (χ2n) is 6.19. The monoisotopic (exact) mass is 346 g/mol. The minimum atomic E-state index is -0.442. The lowest BCUT2D eigenvalue weighted by atomic mass is 9.97. The highest BCUT2D eigenvalue weighted by molar-refractivity contribution is 6.35. The highest BCUT2D eigenvalue weighted by Crippen LogP contribution is 2.23. The van der Waals surface area contributed by atoms with Crippen molar-refractivity contribution < 1.29 is 9.18 Å². The zero-order valence-corrected chi connectivity index (χ0v) is 14.4. The summed E-state index contributed by atoms with van der Waals surface area (Å²) in [6.07, 6.45) is 0. The molecule has 126 valence electrons. The zero-order valence-electron chi connectivity index (χ0n) is 13.6. The Balaban J connectivity index is 1.84. The van der Waals surface area contributed by atoms with Gasteiger partial charge in [0.1, 0.15) is 5.82 Å². The van der Waals surface area contributed by atoms with E-state index < -0.39 is 5.82 Å². The van der Waals surface area contributed by atoms with Crippen LogP contribution in [0.2, 0.25) is 5.02 Å². The molecule has 24 heavy (non-hydrogen) atoms. The first-order chi connectivity index (χ1) is 11.5. The topological polar surface area (TPSA) is 23.6 Å². The minimum Gasteiger partial charge on any atom is -0.304 e. The van der Waals surface area contributed by atoms with Gasteiger partial charge in [-0.25, -0.2) is 4.39 Å². The highest BCUT2D eigenvalue weighted by Gasteiger charge is 2.19. The Bertz CT molecular complexity index is 742. The van der Waals surface area contributed by atoms with Crippen LogP contribution in [0.5, 0.6) is 0 Å². The molecule has 1 aliphatic rings. The zero-order chi connectivity index (χ0) is 17.1. The van der Waals surface area contributed by atoms with Crippen LogP contribution in [0.25, 0.3) is 0 Å². The summed E-state index contributed by atoms with van der Waals surface area (Å²) in [5, 5.41) is 0.148. The first-order valence-electron chi connectivity index (χ1n) is 8.03. The second kappa shape index (κ2) is 7.43. The van der Waals surface area contributed by atoms with Gasteiger partial charge in [0, 0.05) is 43.9 Å². The van der Waals surface area contributed by atoms with Gasteiger partial charge in [0.2, 0.25) is 0 Å². The number of piperazine rings is 1. The van der Waals surface area contributed by atoms with Crippen LogP contribution in [0.3, 0.4) is 0 Å². The third kappa shape index (κ3) is 3.83. The predicted octanol–water partition coefficient (Wildman–Crippen LogP) is 3.46. The van der Waals surface area contributed by atoms with Crippen LogP contribution in [-0.2, 0) is 6.54 Å². The van der Waals surface area contributed by atoms with Crippen molar-refractivity contribution in [1.82, 2.24) is 9.80 Å². The first-order valence-corrected chi connectivity index (χ1v) is 8.41. The molecule has 0 radical (unpaired) electrons. The van der Waals surface area contributed by atoms with Gasteiger partial charge in [0.25, 0.3) is 0 Å². The molecule has 3 rings (SSSR count). The number of likely N-dealkylation sites (N-methyl/N-ethyl adjacent to an activating group) is 1. The van der Waals surface area contributed by atoms with Crippen molar-refractivity contribution >= 4 is 17.4 Å². The van der Waals surface area contributed by atoms with Crippen molar-refractivity contribution in [2.45, 2.75) is 6.54 Å². The molecule has 1 heterocycles. The molecular weight excluding hydrogens is 327 g/mol. The van der Waals surface area contributed by atoms with E-state index in [0.29, 0.717) is 11.1 Å². The summed E-state index contributed by atoms with van der Waals surface area (Å²) in [7, 11) is 2.12. The summed E-state index contributed by atoms with van der Waals surface area (Å²) in [5.41, 5.74) is 1.95. The largest absolute Gasteiger partial charge is 0.304 e. The molecule has 1 saturated heterocycles. The van der Waals surface area contributed by atoms with Gasteiger partial charge >= 0.3 is 0 Å². The summed E-state index contributed by atoms with van der Waals surface area (Å²) in [6.45, 7) is 4.75. The van der Waals surface area contributed by atoms with E-state index in [1.54, 1.807) is 0 Å². The van der Waals surface area contributed by atoms with Crippen LogP contribution < -0.4 is 0 Å². The number of rotatable bonds is 4. The van der Waals surface area contributed by atoms with E-state index in [0.717, 1.165) is 38.3 Å². The molecule has 2 aromatic carbocycles. The summed E-state index contributed by atoms with van der Waals surface area (Å²) in [4.78, 5) is 17.5. The summed E-state index contributed by atoms with van der Waals surface area (Å²) in [6, 6.07) is 11.5. The molecule has 3 nitrogen and oxygen atoms in total. The average Bonchev–Trinajstić information content (AvgIpc) is 2.57. The molecule has 0 amide bonds. The molecule has 0 aromatic heterocycles. The Labute approximate surface area is 146 Å². The normalized spacial score (nSPS) is 16.3. The molecule has 0 atom stereocenters. The lowest BCUT2D eigenvalue weighted by molar-refractivity contribution is 0.103. The fourth-order valence-electron chi connectivity index (χ4n) is 2.95. The Kier molecular flexibility index (Phi) is 5.29. The molecular formula is C19H20ClFN2O. The summed E-state index contributed by atoms with van der Waals surface area (Å²) >= 11 is 6.06. The van der Waals surface area contributed by atoms with Gasteiger partial charge in [0.05, 0.1) is 5.02 Å². The molecule has 1 fully saturated rings. The van der Waals surface area contributed by atoms with E-state index in [9.17, 15) is 9.18 Å². The Morgan fingerprint density at radius 2 is 1.79 bits per heavy atom. The van der Waals surface area contributed by atoms with E-state index in [1.807, 2.05) is 24.3 Å². The predicted molar refractivity (Wildman–Crippen MR) is 94.1 cm³/mol. The van der Waals surface area contributed by atoms with Crippen molar-refractivity contribution in [3.8, 4) is 0 Å². The van der Waals surface area contributed by atoms with Gasteiger partial charge in [-0.1, -0.05) is 35.9 Å². The van der Waals surface area contributed by atoms with Crippen LogP contribution in [0.4, 0.5) is 4.39 Å². The van der Waals surface area contributed by atoms with Gasteiger partial charge in [-0.3, -0.25) is 9.69 Å². The number of hydrogen-bond donors (Lipinski definition) is 0. The lowest BCUT2D eigenvalue weighted by Crippen LogP contribution is -2.44. The van der Waals surface area contributed by atoms with E-state index in [4.69, 9.17) is 11.6 Å². The first kappa shape index (κ1) is 17.1. The quantitative estimate of drug-likeness (QED) is 0.792. The van der Waals surface area contributed by atoms with E-state index in [1.165, 1.54) is 18.2 Å². The number of carbonyl (C=O) groups excluding carboxylic acids is 1. The van der Waals surface area contributed by atoms with Gasteiger partial charge in [-0.15, -0.1) is 0 Å². The van der Waals surface area contributed by atoms with Crippen LogP contribution in [-0.4, -0.2) is 48.8 Å². The maximum Gasteiger partial charge on any atom is 0.194 e. The molecule has 0 unspecified atom stereocenters. The van der Waals surface area contributed by atoms with Crippen molar-refractivity contribution in [1.29, 1.82) is 0 Å². The molecule has 1 aliphatic heterocycles. The highest BCUT2D eigenvalue weighted by atomic mass is 35.5. The lowest BCUT2D eigenvalue weighted by Gasteiger charge is -2.32. The second-order valence-corrected chi connectivity index (χ2v) is 6.60. The molecule has 0 spiro atoms. The number of halogens is 2. The van der Waals surface area contributed by atoms with Gasteiger partial charge in [-0.05, 0) is 30.8 Å². The van der Waals surface area contributed by atoms with Crippen LogP contribution in [0, 0.1) is 5.82 Å². The SMILES string of the molecule is CN1CCN(Cc2ccccc2C(=O)c2ccc(F)cc2Cl)CC1. The van der Waals surface area contributed by atoms with E-state index in [2.05, 4.69) is 16.8 Å². The average molecular weight is 347 g/mol. The van der Waals surface area contributed by atoms with Gasteiger partial charge < -0.3 is 4.90 Å². The molecule has 0 bridgehead atoms. The summed E-state index contributed by atoms with van der Waals surface area (Å²) < 4.78 is 13.2. The Morgan fingerprint density at radius 1 is 1.08 bits per heavy atom. The fourth-order valence-corrected chi connectivity index (χ4v) is 3.20. The Morgan fingerprint density at radius 3 is 2.50 bits per heavy atom. The number of ketones is 1. The third-order valence-corrected chi connectivity index (χ3v) is 4.74. The van der Waals surface area contributed by atoms with Gasteiger partial charge in [0.15, 0.2) is 5.78 Å². The molecule has 0 aliphatic carbocycles. The van der Waals surface area contributed by atoms with Gasteiger partial charge in [-0.2, -0.15) is 0 Å². The van der Waals surface area contributed by atoms with Crippen molar-refractivity contribution in [2.24, 2.45) is 0 Å². The molecule has 0 N–H and O–H groups in total. The number of carbonyl (C=O) groups is 1. The third-order valence-electron chi connectivity index (χ3n) is 4.43. The molecule has 5 heteroatoms. The van der Waals surface area contributed by atoms with E-state index in [-0.39, 0.29) is 10.8 Å². The molecule has 0 saturated carbocycles. The Hall–Kier alpha value is -1.75. The standard InChI is InChI=1S/C19H20ClFN2O/c1-22-8-10-23(11-9-22)13-14-4-2-3-5-16(14)19(24)17-7-6-15(21)12-18(17)20/h2-7,12H,8-11,13H2,1H3. The van der Waals surface area contributed by atoms with E-state index >= 15 is 0 Å². The molecule has 2 aromatic rings. The maximum atomic E-state index is 13.2. The minimum absolute atomic E-state index is 0.148. The van der Waals surface area contributed by atoms with Crippen molar-refractivity contribution in [3.05, 3.63) is 70.0 Å². The smallest absolute Gasteiger partial charge is 0.194 e. The summed E-state index contributed by atoms with van der Waals surface area (Å²) in [5.74, 6) is -0.605.